The fraction of sp³-hybridized carbons (Fsp3) is 0.308. The first kappa shape index (κ1) is 13.6. The maximum atomic E-state index is 12.5. The van der Waals surface area contributed by atoms with Crippen LogP contribution in [0.5, 0.6) is 0 Å². The molecule has 0 saturated heterocycles. The summed E-state index contributed by atoms with van der Waals surface area (Å²) in [4.78, 5) is 7.40. The van der Waals surface area contributed by atoms with E-state index in [1.165, 1.54) is 12.1 Å². The van der Waals surface area contributed by atoms with E-state index in [-0.39, 0.29) is 0 Å². The molecule has 0 aliphatic rings. The number of alkyl halides is 3. The zero-order chi connectivity index (χ0) is 14.0. The SMILES string of the molecule is Cc1[nH]c(-c2ccc(C(F)(F)F)cc2)nc1CCN. The molecule has 19 heavy (non-hydrogen) atoms. The minimum Gasteiger partial charge on any atom is -0.342 e. The van der Waals surface area contributed by atoms with Crippen molar-refractivity contribution < 1.29 is 13.2 Å². The molecular formula is C13H14F3N3. The Kier molecular flexibility index (Phi) is 3.61. The molecule has 2 aromatic rings. The summed E-state index contributed by atoms with van der Waals surface area (Å²) in [6.07, 6.45) is -3.68. The summed E-state index contributed by atoms with van der Waals surface area (Å²) in [5, 5.41) is 0. The third-order valence-electron chi connectivity index (χ3n) is 2.85. The third kappa shape index (κ3) is 2.96. The molecule has 0 amide bonds. The summed E-state index contributed by atoms with van der Waals surface area (Å²) in [7, 11) is 0. The molecule has 0 unspecified atom stereocenters. The highest BCUT2D eigenvalue weighted by Crippen LogP contribution is 2.30. The number of H-pyrrole nitrogens is 1. The number of nitrogens with one attached hydrogen (secondary N) is 1. The van der Waals surface area contributed by atoms with E-state index >= 15 is 0 Å². The molecule has 2 rings (SSSR count). The number of aryl methyl sites for hydroxylation is 1. The van der Waals surface area contributed by atoms with E-state index in [0.717, 1.165) is 23.5 Å². The fourth-order valence-corrected chi connectivity index (χ4v) is 1.83. The van der Waals surface area contributed by atoms with Crippen molar-refractivity contribution in [3.8, 4) is 11.4 Å². The number of hydrogen-bond donors (Lipinski definition) is 2. The minimum atomic E-state index is -4.32. The maximum Gasteiger partial charge on any atom is 0.416 e. The van der Waals surface area contributed by atoms with Gasteiger partial charge in [-0.25, -0.2) is 4.98 Å². The molecule has 0 aliphatic heterocycles. The lowest BCUT2D eigenvalue weighted by atomic mass is 10.1. The largest absolute Gasteiger partial charge is 0.416 e. The van der Waals surface area contributed by atoms with Crippen molar-refractivity contribution in [1.29, 1.82) is 0 Å². The predicted octanol–water partition coefficient (Wildman–Crippen LogP) is 2.91. The average Bonchev–Trinajstić information content (AvgIpc) is 2.71. The van der Waals surface area contributed by atoms with E-state index in [4.69, 9.17) is 5.73 Å². The second kappa shape index (κ2) is 5.05. The molecule has 3 nitrogen and oxygen atoms in total. The van der Waals surface area contributed by atoms with E-state index in [2.05, 4.69) is 9.97 Å². The van der Waals surface area contributed by atoms with Crippen LogP contribution >= 0.6 is 0 Å². The minimum absolute atomic E-state index is 0.484. The summed E-state index contributed by atoms with van der Waals surface area (Å²) in [6, 6.07) is 4.92. The quantitative estimate of drug-likeness (QED) is 0.900. The van der Waals surface area contributed by atoms with Gasteiger partial charge < -0.3 is 10.7 Å². The Morgan fingerprint density at radius 2 is 1.84 bits per heavy atom. The van der Waals surface area contributed by atoms with Gasteiger partial charge in [-0.15, -0.1) is 0 Å². The molecule has 1 aromatic carbocycles. The van der Waals surface area contributed by atoms with Gasteiger partial charge in [0.2, 0.25) is 0 Å². The number of hydrogen-bond acceptors (Lipinski definition) is 2. The Hall–Kier alpha value is -1.82. The van der Waals surface area contributed by atoms with Crippen LogP contribution in [-0.2, 0) is 12.6 Å². The highest BCUT2D eigenvalue weighted by molar-refractivity contribution is 5.56. The van der Waals surface area contributed by atoms with Crippen LogP contribution in [0.4, 0.5) is 13.2 Å². The second-order valence-corrected chi connectivity index (χ2v) is 4.27. The van der Waals surface area contributed by atoms with Crippen LogP contribution in [0.25, 0.3) is 11.4 Å². The molecule has 0 spiro atoms. The van der Waals surface area contributed by atoms with Crippen molar-refractivity contribution in [3.05, 3.63) is 41.2 Å². The van der Waals surface area contributed by atoms with Crippen LogP contribution in [0.2, 0.25) is 0 Å². The summed E-state index contributed by atoms with van der Waals surface area (Å²) in [5.74, 6) is 0.565. The average molecular weight is 269 g/mol. The molecule has 0 saturated carbocycles. The van der Waals surface area contributed by atoms with Crippen molar-refractivity contribution in [2.75, 3.05) is 6.54 Å². The number of aromatic nitrogens is 2. The smallest absolute Gasteiger partial charge is 0.342 e. The molecule has 0 radical (unpaired) electrons. The van der Waals surface area contributed by atoms with Crippen LogP contribution in [0.1, 0.15) is 17.0 Å². The first-order valence-corrected chi connectivity index (χ1v) is 5.85. The summed E-state index contributed by atoms with van der Waals surface area (Å²) in [5.41, 5.74) is 7.16. The standard InChI is InChI=1S/C13H14F3N3/c1-8-11(6-7-17)19-12(18-8)9-2-4-10(5-3-9)13(14,15)16/h2-5H,6-7,17H2,1H3,(H,18,19). The maximum absolute atomic E-state index is 12.5. The highest BCUT2D eigenvalue weighted by Gasteiger charge is 2.30. The predicted molar refractivity (Wildman–Crippen MR) is 66.5 cm³/mol. The monoisotopic (exact) mass is 269 g/mol. The first-order chi connectivity index (χ1) is 8.91. The lowest BCUT2D eigenvalue weighted by Gasteiger charge is -2.06. The lowest BCUT2D eigenvalue weighted by molar-refractivity contribution is -0.137. The number of rotatable bonds is 3. The van der Waals surface area contributed by atoms with Crippen molar-refractivity contribution in [1.82, 2.24) is 9.97 Å². The highest BCUT2D eigenvalue weighted by atomic mass is 19.4. The zero-order valence-corrected chi connectivity index (χ0v) is 10.4. The number of aromatic amines is 1. The third-order valence-corrected chi connectivity index (χ3v) is 2.85. The normalized spacial score (nSPS) is 11.8. The number of benzene rings is 1. The van der Waals surface area contributed by atoms with Gasteiger partial charge in [-0.3, -0.25) is 0 Å². The van der Waals surface area contributed by atoms with Crippen molar-refractivity contribution >= 4 is 0 Å². The molecule has 102 valence electrons. The van der Waals surface area contributed by atoms with E-state index in [1.54, 1.807) is 0 Å². The van der Waals surface area contributed by atoms with Crippen LogP contribution in [0.3, 0.4) is 0 Å². The fourth-order valence-electron chi connectivity index (χ4n) is 1.83. The molecule has 3 N–H and O–H groups in total. The van der Waals surface area contributed by atoms with Crippen molar-refractivity contribution in [2.45, 2.75) is 19.5 Å². The Morgan fingerprint density at radius 3 is 2.37 bits per heavy atom. The molecule has 0 bridgehead atoms. The Bertz CT molecular complexity index is 556. The number of imidazole rings is 1. The first-order valence-electron chi connectivity index (χ1n) is 5.85. The second-order valence-electron chi connectivity index (χ2n) is 4.27. The van der Waals surface area contributed by atoms with Crippen molar-refractivity contribution in [3.63, 3.8) is 0 Å². The van der Waals surface area contributed by atoms with Gasteiger partial charge >= 0.3 is 6.18 Å². The number of nitrogens with two attached hydrogens (primary N) is 1. The molecule has 1 heterocycles. The summed E-state index contributed by atoms with van der Waals surface area (Å²) < 4.78 is 37.4. The number of nitrogens with zero attached hydrogens (tertiary/aromatic N) is 1. The zero-order valence-electron chi connectivity index (χ0n) is 10.4. The van der Waals surface area contributed by atoms with Crippen LogP contribution in [-0.4, -0.2) is 16.5 Å². The Morgan fingerprint density at radius 1 is 1.21 bits per heavy atom. The van der Waals surface area contributed by atoms with E-state index in [9.17, 15) is 13.2 Å². The van der Waals surface area contributed by atoms with Crippen LogP contribution in [0, 0.1) is 6.92 Å². The van der Waals surface area contributed by atoms with Crippen LogP contribution in [0.15, 0.2) is 24.3 Å². The molecule has 0 fully saturated rings. The Labute approximate surface area is 108 Å². The van der Waals surface area contributed by atoms with Gasteiger partial charge in [0.15, 0.2) is 0 Å². The van der Waals surface area contributed by atoms with Gasteiger partial charge in [0.05, 0.1) is 11.3 Å². The summed E-state index contributed by atoms with van der Waals surface area (Å²) >= 11 is 0. The lowest BCUT2D eigenvalue weighted by Crippen LogP contribution is -2.04. The van der Waals surface area contributed by atoms with Gasteiger partial charge in [0, 0.05) is 17.7 Å². The summed E-state index contributed by atoms with van der Waals surface area (Å²) in [6.45, 7) is 2.35. The van der Waals surface area contributed by atoms with E-state index in [1.807, 2.05) is 6.92 Å². The topological polar surface area (TPSA) is 54.7 Å². The van der Waals surface area contributed by atoms with E-state index < -0.39 is 11.7 Å². The number of halogens is 3. The molecule has 0 atom stereocenters. The van der Waals surface area contributed by atoms with Gasteiger partial charge in [-0.05, 0) is 25.6 Å². The molecule has 0 aliphatic carbocycles. The molecule has 6 heteroatoms. The van der Waals surface area contributed by atoms with Gasteiger partial charge in [-0.2, -0.15) is 13.2 Å². The van der Waals surface area contributed by atoms with E-state index in [0.29, 0.717) is 24.4 Å². The van der Waals surface area contributed by atoms with Crippen LogP contribution < -0.4 is 5.73 Å². The van der Waals surface area contributed by atoms with Crippen molar-refractivity contribution in [2.24, 2.45) is 5.73 Å². The van der Waals surface area contributed by atoms with Gasteiger partial charge in [-0.1, -0.05) is 12.1 Å². The van der Waals surface area contributed by atoms with Gasteiger partial charge in [0.1, 0.15) is 5.82 Å². The Balaban J connectivity index is 2.30. The molecular weight excluding hydrogens is 255 g/mol. The molecule has 1 aromatic heterocycles. The van der Waals surface area contributed by atoms with Gasteiger partial charge in [0.25, 0.3) is 0 Å².